The van der Waals surface area contributed by atoms with E-state index < -0.39 is 0 Å². The van der Waals surface area contributed by atoms with Crippen molar-refractivity contribution in [1.29, 1.82) is 0 Å². The first-order valence-corrected chi connectivity index (χ1v) is 7.48. The maximum Gasteiger partial charge on any atom is 0.129 e. The third-order valence-corrected chi connectivity index (χ3v) is 4.82. The number of aromatic nitrogens is 2. The number of rotatable bonds is 2. The van der Waals surface area contributed by atoms with Gasteiger partial charge in [-0.2, -0.15) is 5.10 Å². The van der Waals surface area contributed by atoms with Gasteiger partial charge in [-0.3, -0.25) is 4.68 Å². The molecule has 21 heavy (non-hydrogen) atoms. The highest BCUT2D eigenvalue weighted by molar-refractivity contribution is 5.77. The number of hydrogen-bond acceptors (Lipinski definition) is 2. The van der Waals surface area contributed by atoms with Crippen molar-refractivity contribution in [2.24, 2.45) is 12.5 Å². The Bertz CT molecular complexity index is 673. The van der Waals surface area contributed by atoms with Crippen LogP contribution in [0, 0.1) is 11.2 Å². The van der Waals surface area contributed by atoms with Gasteiger partial charge in [0.25, 0.3) is 0 Å². The molecule has 1 unspecified atom stereocenters. The molecule has 0 saturated heterocycles. The normalized spacial score (nSPS) is 20.9. The van der Waals surface area contributed by atoms with Crippen LogP contribution in [0.2, 0.25) is 0 Å². The van der Waals surface area contributed by atoms with Crippen molar-refractivity contribution < 1.29 is 4.39 Å². The SMILES string of the molecule is Cn1nc(C2CCCC2(C)C)c(-c2cccc(F)c2)c1N. The maximum absolute atomic E-state index is 13.6. The molecule has 0 aliphatic heterocycles. The summed E-state index contributed by atoms with van der Waals surface area (Å²) in [6.07, 6.45) is 3.51. The van der Waals surface area contributed by atoms with Crippen molar-refractivity contribution in [3.8, 4) is 11.1 Å². The Morgan fingerprint density at radius 1 is 1.38 bits per heavy atom. The van der Waals surface area contributed by atoms with Gasteiger partial charge in [0.05, 0.1) is 5.69 Å². The van der Waals surface area contributed by atoms with Crippen molar-refractivity contribution in [3.05, 3.63) is 35.8 Å². The number of halogens is 1. The summed E-state index contributed by atoms with van der Waals surface area (Å²) in [5.74, 6) is 0.741. The van der Waals surface area contributed by atoms with Gasteiger partial charge in [-0.05, 0) is 36.0 Å². The Morgan fingerprint density at radius 2 is 2.14 bits per heavy atom. The van der Waals surface area contributed by atoms with Crippen LogP contribution in [0.1, 0.15) is 44.7 Å². The molecule has 1 aromatic carbocycles. The zero-order chi connectivity index (χ0) is 15.2. The summed E-state index contributed by atoms with van der Waals surface area (Å²) in [4.78, 5) is 0. The third-order valence-electron chi connectivity index (χ3n) is 4.82. The van der Waals surface area contributed by atoms with Gasteiger partial charge in [0.15, 0.2) is 0 Å². The molecule has 3 rings (SSSR count). The summed E-state index contributed by atoms with van der Waals surface area (Å²) < 4.78 is 15.3. The van der Waals surface area contributed by atoms with Gasteiger partial charge in [-0.25, -0.2) is 4.39 Å². The van der Waals surface area contributed by atoms with Gasteiger partial charge in [-0.1, -0.05) is 32.4 Å². The van der Waals surface area contributed by atoms with Crippen LogP contribution in [0.5, 0.6) is 0 Å². The predicted octanol–water partition coefficient (Wildman–Crippen LogP) is 4.10. The van der Waals surface area contributed by atoms with E-state index in [-0.39, 0.29) is 11.2 Å². The Morgan fingerprint density at radius 3 is 2.76 bits per heavy atom. The minimum atomic E-state index is -0.243. The monoisotopic (exact) mass is 287 g/mol. The second-order valence-corrected chi connectivity index (χ2v) is 6.71. The van der Waals surface area contributed by atoms with Gasteiger partial charge in [0, 0.05) is 18.5 Å². The molecule has 1 aliphatic carbocycles. The summed E-state index contributed by atoms with van der Waals surface area (Å²) in [5, 5.41) is 4.66. The molecule has 1 heterocycles. The lowest BCUT2D eigenvalue weighted by atomic mass is 9.78. The number of hydrogen-bond donors (Lipinski definition) is 1. The molecule has 1 aromatic heterocycles. The number of aryl methyl sites for hydroxylation is 1. The second-order valence-electron chi connectivity index (χ2n) is 6.71. The van der Waals surface area contributed by atoms with E-state index in [0.717, 1.165) is 23.2 Å². The van der Waals surface area contributed by atoms with E-state index in [1.54, 1.807) is 16.8 Å². The smallest absolute Gasteiger partial charge is 0.129 e. The molecule has 1 aliphatic rings. The van der Waals surface area contributed by atoms with Crippen molar-refractivity contribution in [2.75, 3.05) is 5.73 Å². The van der Waals surface area contributed by atoms with Gasteiger partial charge < -0.3 is 5.73 Å². The topological polar surface area (TPSA) is 43.8 Å². The first-order valence-electron chi connectivity index (χ1n) is 7.48. The molecule has 1 atom stereocenters. The fourth-order valence-corrected chi connectivity index (χ4v) is 3.58. The lowest BCUT2D eigenvalue weighted by molar-refractivity contribution is 0.326. The van der Waals surface area contributed by atoms with Crippen LogP contribution < -0.4 is 5.73 Å². The summed E-state index contributed by atoms with van der Waals surface area (Å²) in [6, 6.07) is 6.62. The standard InChI is InChI=1S/C17H22FN3/c1-17(2)9-5-8-13(17)15-14(16(19)21(3)20-15)11-6-4-7-12(18)10-11/h4,6-7,10,13H,5,8-9,19H2,1-3H3. The summed E-state index contributed by atoms with van der Waals surface area (Å²) in [5.41, 5.74) is 9.17. The van der Waals surface area contributed by atoms with Crippen LogP contribution in [0.3, 0.4) is 0 Å². The van der Waals surface area contributed by atoms with E-state index in [9.17, 15) is 4.39 Å². The van der Waals surface area contributed by atoms with Crippen LogP contribution in [-0.2, 0) is 7.05 Å². The molecular formula is C17H22FN3. The van der Waals surface area contributed by atoms with E-state index in [2.05, 4.69) is 18.9 Å². The van der Waals surface area contributed by atoms with Crippen LogP contribution in [0.25, 0.3) is 11.1 Å². The van der Waals surface area contributed by atoms with Crippen LogP contribution >= 0.6 is 0 Å². The average Bonchev–Trinajstić information content (AvgIpc) is 2.90. The van der Waals surface area contributed by atoms with Crippen molar-refractivity contribution in [3.63, 3.8) is 0 Å². The Kier molecular flexibility index (Phi) is 3.27. The second kappa shape index (κ2) is 4.86. The number of nitrogens with zero attached hydrogens (tertiary/aromatic N) is 2. The molecule has 3 nitrogen and oxygen atoms in total. The average molecular weight is 287 g/mol. The number of nitrogen functional groups attached to an aromatic ring is 1. The highest BCUT2D eigenvalue weighted by atomic mass is 19.1. The van der Waals surface area contributed by atoms with E-state index in [1.165, 1.54) is 18.9 Å². The van der Waals surface area contributed by atoms with Crippen LogP contribution in [0.4, 0.5) is 10.2 Å². The van der Waals surface area contributed by atoms with Crippen LogP contribution in [0.15, 0.2) is 24.3 Å². The minimum absolute atomic E-state index is 0.211. The molecule has 112 valence electrons. The molecule has 2 aromatic rings. The molecule has 4 heteroatoms. The molecule has 0 radical (unpaired) electrons. The van der Waals surface area contributed by atoms with Crippen molar-refractivity contribution >= 4 is 5.82 Å². The zero-order valence-electron chi connectivity index (χ0n) is 12.9. The van der Waals surface area contributed by atoms with E-state index in [0.29, 0.717) is 11.7 Å². The van der Waals surface area contributed by atoms with Crippen LogP contribution in [-0.4, -0.2) is 9.78 Å². The van der Waals surface area contributed by atoms with Gasteiger partial charge >= 0.3 is 0 Å². The molecule has 1 saturated carbocycles. The number of benzene rings is 1. The lowest BCUT2D eigenvalue weighted by Crippen LogP contribution is -2.16. The number of nitrogens with two attached hydrogens (primary N) is 1. The van der Waals surface area contributed by atoms with Gasteiger partial charge in [0.2, 0.25) is 0 Å². The Labute approximate surface area is 125 Å². The molecule has 0 amide bonds. The molecule has 0 bridgehead atoms. The third kappa shape index (κ3) is 2.33. The summed E-state index contributed by atoms with van der Waals surface area (Å²) >= 11 is 0. The molecule has 1 fully saturated rings. The highest BCUT2D eigenvalue weighted by Gasteiger charge is 2.39. The first kappa shape index (κ1) is 14.1. The Balaban J connectivity index is 2.17. The first-order chi connectivity index (χ1) is 9.90. The molecule has 2 N–H and O–H groups in total. The molecular weight excluding hydrogens is 265 g/mol. The highest BCUT2D eigenvalue weighted by Crippen LogP contribution is 2.51. The molecule has 0 spiro atoms. The maximum atomic E-state index is 13.6. The van der Waals surface area contributed by atoms with Gasteiger partial charge in [0.1, 0.15) is 11.6 Å². The van der Waals surface area contributed by atoms with E-state index in [1.807, 2.05) is 13.1 Å². The van der Waals surface area contributed by atoms with E-state index in [4.69, 9.17) is 5.73 Å². The predicted molar refractivity (Wildman–Crippen MR) is 83.4 cm³/mol. The largest absolute Gasteiger partial charge is 0.383 e. The van der Waals surface area contributed by atoms with Crippen molar-refractivity contribution in [2.45, 2.75) is 39.0 Å². The Hall–Kier alpha value is -1.84. The summed E-state index contributed by atoms with van der Waals surface area (Å²) in [6.45, 7) is 4.57. The summed E-state index contributed by atoms with van der Waals surface area (Å²) in [7, 11) is 1.85. The quantitative estimate of drug-likeness (QED) is 0.903. The van der Waals surface area contributed by atoms with Gasteiger partial charge in [-0.15, -0.1) is 0 Å². The number of anilines is 1. The van der Waals surface area contributed by atoms with Crippen molar-refractivity contribution in [1.82, 2.24) is 9.78 Å². The zero-order valence-corrected chi connectivity index (χ0v) is 12.9. The fraction of sp³-hybridized carbons (Fsp3) is 0.471. The fourth-order valence-electron chi connectivity index (χ4n) is 3.58. The van der Waals surface area contributed by atoms with E-state index >= 15 is 0 Å². The minimum Gasteiger partial charge on any atom is -0.383 e. The lowest BCUT2D eigenvalue weighted by Gasteiger charge is -2.26.